The smallest absolute Gasteiger partial charge is 0.261 e. The topological polar surface area (TPSA) is 9.23 Å². The van der Waals surface area contributed by atoms with Gasteiger partial charge in [0, 0.05) is 0 Å². The molecule has 2 aromatic rings. The SMILES string of the molecule is CC(C)=CCC/C(C)=C/CO[Si](c1ccccc1)(c1ccccc1)C(C)(C)C. The van der Waals surface area contributed by atoms with Crippen LogP contribution in [0.4, 0.5) is 0 Å². The molecule has 0 aromatic heterocycles. The second-order valence-corrected chi connectivity index (χ2v) is 13.2. The van der Waals surface area contributed by atoms with Gasteiger partial charge >= 0.3 is 0 Å². The molecule has 0 aliphatic rings. The molecule has 0 saturated carbocycles. The maximum absolute atomic E-state index is 6.91. The van der Waals surface area contributed by atoms with Crippen LogP contribution in [0.3, 0.4) is 0 Å². The molecule has 2 aromatic carbocycles. The number of hydrogen-bond acceptors (Lipinski definition) is 1. The Morgan fingerprint density at radius 2 is 1.32 bits per heavy atom. The molecule has 0 bridgehead atoms. The summed E-state index contributed by atoms with van der Waals surface area (Å²) in [7, 11) is -2.42. The van der Waals surface area contributed by atoms with Crippen LogP contribution < -0.4 is 10.4 Å². The van der Waals surface area contributed by atoms with Gasteiger partial charge in [0.15, 0.2) is 0 Å². The maximum Gasteiger partial charge on any atom is 0.261 e. The number of hydrogen-bond donors (Lipinski definition) is 0. The van der Waals surface area contributed by atoms with Crippen LogP contribution in [-0.2, 0) is 4.43 Å². The van der Waals surface area contributed by atoms with Crippen molar-refractivity contribution in [2.45, 2.75) is 59.4 Å². The second-order valence-electron chi connectivity index (χ2n) is 8.84. The van der Waals surface area contributed by atoms with Crippen molar-refractivity contribution in [3.8, 4) is 0 Å². The molecule has 0 atom stereocenters. The van der Waals surface area contributed by atoms with Gasteiger partial charge in [-0.05, 0) is 49.0 Å². The van der Waals surface area contributed by atoms with Crippen molar-refractivity contribution in [1.29, 1.82) is 0 Å². The summed E-state index contributed by atoms with van der Waals surface area (Å²) in [5.74, 6) is 0. The molecule has 0 N–H and O–H groups in total. The van der Waals surface area contributed by atoms with Crippen LogP contribution in [0.25, 0.3) is 0 Å². The van der Waals surface area contributed by atoms with E-state index < -0.39 is 8.32 Å². The van der Waals surface area contributed by atoms with E-state index in [1.807, 2.05) is 0 Å². The van der Waals surface area contributed by atoms with Crippen LogP contribution in [0.5, 0.6) is 0 Å². The van der Waals surface area contributed by atoms with Crippen LogP contribution in [0.1, 0.15) is 54.4 Å². The predicted molar refractivity (Wildman–Crippen MR) is 126 cm³/mol. The molecule has 2 heteroatoms. The molecule has 2 rings (SSSR count). The van der Waals surface area contributed by atoms with E-state index in [1.165, 1.54) is 21.5 Å². The van der Waals surface area contributed by atoms with Crippen LogP contribution in [0.2, 0.25) is 5.04 Å². The van der Waals surface area contributed by atoms with Gasteiger partial charge < -0.3 is 4.43 Å². The van der Waals surface area contributed by atoms with E-state index in [0.29, 0.717) is 6.61 Å². The Labute approximate surface area is 173 Å². The highest BCUT2D eigenvalue weighted by Crippen LogP contribution is 2.36. The predicted octanol–water partition coefficient (Wildman–Crippen LogP) is 6.26. The zero-order valence-electron chi connectivity index (χ0n) is 18.5. The minimum absolute atomic E-state index is 0.0273. The Kier molecular flexibility index (Phi) is 8.03. The zero-order valence-corrected chi connectivity index (χ0v) is 19.5. The van der Waals surface area contributed by atoms with Gasteiger partial charge in [-0.15, -0.1) is 0 Å². The van der Waals surface area contributed by atoms with Crippen molar-refractivity contribution in [3.63, 3.8) is 0 Å². The van der Waals surface area contributed by atoms with Gasteiger partial charge in [-0.2, -0.15) is 0 Å². The molecule has 0 aliphatic carbocycles. The van der Waals surface area contributed by atoms with E-state index in [-0.39, 0.29) is 5.04 Å². The van der Waals surface area contributed by atoms with Crippen molar-refractivity contribution in [1.82, 2.24) is 0 Å². The molecule has 0 aliphatic heterocycles. The van der Waals surface area contributed by atoms with E-state index in [0.717, 1.165) is 12.8 Å². The summed E-state index contributed by atoms with van der Waals surface area (Å²) in [6.07, 6.45) is 6.78. The molecule has 0 radical (unpaired) electrons. The summed E-state index contributed by atoms with van der Waals surface area (Å²) in [6, 6.07) is 21.7. The summed E-state index contributed by atoms with van der Waals surface area (Å²) in [5.41, 5.74) is 2.78. The van der Waals surface area contributed by atoms with Gasteiger partial charge in [-0.3, -0.25) is 0 Å². The largest absolute Gasteiger partial charge is 0.404 e. The van der Waals surface area contributed by atoms with Crippen LogP contribution in [-0.4, -0.2) is 14.9 Å². The lowest BCUT2D eigenvalue weighted by Crippen LogP contribution is -2.66. The van der Waals surface area contributed by atoms with Gasteiger partial charge in [-0.1, -0.05) is 105 Å². The third-order valence-electron chi connectivity index (χ3n) is 5.24. The van der Waals surface area contributed by atoms with Crippen molar-refractivity contribution in [3.05, 3.63) is 84.0 Å². The Morgan fingerprint density at radius 3 is 1.75 bits per heavy atom. The minimum atomic E-state index is -2.42. The van der Waals surface area contributed by atoms with Crippen LogP contribution in [0.15, 0.2) is 84.0 Å². The first kappa shape index (κ1) is 22.4. The molecule has 0 amide bonds. The molecule has 1 nitrogen and oxygen atoms in total. The summed E-state index contributed by atoms with van der Waals surface area (Å²) in [4.78, 5) is 0. The Balaban J connectivity index is 2.35. The average molecular weight is 393 g/mol. The highest BCUT2D eigenvalue weighted by molar-refractivity contribution is 6.99. The fourth-order valence-electron chi connectivity index (χ4n) is 3.76. The summed E-state index contributed by atoms with van der Waals surface area (Å²) >= 11 is 0. The van der Waals surface area contributed by atoms with Gasteiger partial charge in [-0.25, -0.2) is 0 Å². The molecule has 0 heterocycles. The summed E-state index contributed by atoms with van der Waals surface area (Å²) in [5, 5.41) is 2.70. The van der Waals surface area contributed by atoms with Gasteiger partial charge in [0.05, 0.1) is 6.61 Å². The first-order chi connectivity index (χ1) is 13.3. The molecule has 150 valence electrons. The summed E-state index contributed by atoms with van der Waals surface area (Å²) < 4.78 is 6.91. The van der Waals surface area contributed by atoms with Gasteiger partial charge in [0.25, 0.3) is 8.32 Å². The number of rotatable bonds is 8. The van der Waals surface area contributed by atoms with Crippen molar-refractivity contribution < 1.29 is 4.43 Å². The fourth-order valence-corrected chi connectivity index (χ4v) is 8.25. The molecular formula is C26H36OSi. The van der Waals surface area contributed by atoms with Gasteiger partial charge in [0.1, 0.15) is 0 Å². The Morgan fingerprint density at radius 1 is 0.821 bits per heavy atom. The van der Waals surface area contributed by atoms with E-state index in [2.05, 4.69) is 114 Å². The van der Waals surface area contributed by atoms with Crippen molar-refractivity contribution >= 4 is 18.7 Å². The lowest BCUT2D eigenvalue weighted by atomic mass is 10.1. The number of benzene rings is 2. The lowest BCUT2D eigenvalue weighted by molar-refractivity contribution is 0.338. The van der Waals surface area contributed by atoms with Crippen molar-refractivity contribution in [2.75, 3.05) is 6.61 Å². The third-order valence-corrected chi connectivity index (χ3v) is 10.2. The number of allylic oxidation sites excluding steroid dienone is 3. The molecule has 28 heavy (non-hydrogen) atoms. The summed E-state index contributed by atoms with van der Waals surface area (Å²) in [6.45, 7) is 14.2. The third kappa shape index (κ3) is 5.56. The standard InChI is InChI=1S/C26H36OSi/c1-22(2)14-13-15-23(3)20-21-27-28(26(4,5)6,24-16-9-7-10-17-24)25-18-11-8-12-19-25/h7-12,14,16-20H,13,15,21H2,1-6H3/b23-20+. The second kappa shape index (κ2) is 10.0. The lowest BCUT2D eigenvalue weighted by Gasteiger charge is -2.42. The fraction of sp³-hybridized carbons (Fsp3) is 0.385. The zero-order chi connectivity index (χ0) is 20.6. The molecular weight excluding hydrogens is 356 g/mol. The van der Waals surface area contributed by atoms with Crippen molar-refractivity contribution in [2.24, 2.45) is 0 Å². The van der Waals surface area contributed by atoms with E-state index in [9.17, 15) is 0 Å². The average Bonchev–Trinajstić information content (AvgIpc) is 2.65. The Hall–Kier alpha value is -1.90. The van der Waals surface area contributed by atoms with E-state index in [1.54, 1.807) is 0 Å². The monoisotopic (exact) mass is 392 g/mol. The van der Waals surface area contributed by atoms with E-state index in [4.69, 9.17) is 4.43 Å². The molecule has 0 unspecified atom stereocenters. The van der Waals surface area contributed by atoms with Crippen LogP contribution in [0, 0.1) is 0 Å². The molecule has 0 fully saturated rings. The first-order valence-corrected chi connectivity index (χ1v) is 12.2. The highest BCUT2D eigenvalue weighted by atomic mass is 28.4. The first-order valence-electron chi connectivity index (χ1n) is 10.3. The Bertz CT molecular complexity index is 739. The quantitative estimate of drug-likeness (QED) is 0.381. The normalized spacial score (nSPS) is 12.7. The highest BCUT2D eigenvalue weighted by Gasteiger charge is 2.49. The van der Waals surface area contributed by atoms with E-state index >= 15 is 0 Å². The molecule has 0 spiro atoms. The minimum Gasteiger partial charge on any atom is -0.404 e. The van der Waals surface area contributed by atoms with Crippen LogP contribution >= 0.6 is 0 Å². The maximum atomic E-state index is 6.91. The molecule has 0 saturated heterocycles. The van der Waals surface area contributed by atoms with Gasteiger partial charge in [0.2, 0.25) is 0 Å².